The summed E-state index contributed by atoms with van der Waals surface area (Å²) in [5.74, 6) is 0.0122. The van der Waals surface area contributed by atoms with Crippen LogP contribution in [0.4, 0.5) is 11.4 Å². The average Bonchev–Trinajstić information content (AvgIpc) is 3.12. The molecule has 0 heterocycles. The number of nitrogens with zero attached hydrogens (tertiary/aromatic N) is 6. The van der Waals surface area contributed by atoms with Gasteiger partial charge in [0.05, 0.1) is 21.2 Å². The van der Waals surface area contributed by atoms with Crippen LogP contribution in [-0.4, -0.2) is 75.0 Å². The van der Waals surface area contributed by atoms with Crippen molar-refractivity contribution in [2.24, 2.45) is 0 Å². The second kappa shape index (κ2) is 19.6. The lowest BCUT2D eigenvalue weighted by molar-refractivity contribution is -0.130. The maximum absolute atomic E-state index is 12.5. The Morgan fingerprint density at radius 2 is 1.04 bits per heavy atom. The lowest BCUT2D eigenvalue weighted by atomic mass is 10.1. The number of nitriles is 2. The highest BCUT2D eigenvalue weighted by atomic mass is 35.5. The number of hydrogen-bond donors (Lipinski definition) is 0. The van der Waals surface area contributed by atoms with E-state index in [0.29, 0.717) is 45.7 Å². The molecular weight excluding hydrogens is 703 g/mol. The van der Waals surface area contributed by atoms with Crippen molar-refractivity contribution in [3.05, 3.63) is 128 Å². The van der Waals surface area contributed by atoms with Gasteiger partial charge in [0, 0.05) is 57.7 Å². The van der Waals surface area contributed by atoms with Gasteiger partial charge in [-0.25, -0.2) is 0 Å². The summed E-state index contributed by atoms with van der Waals surface area (Å²) in [5.41, 5.74) is 4.69. The van der Waals surface area contributed by atoms with E-state index in [-0.39, 0.29) is 23.9 Å². The van der Waals surface area contributed by atoms with Gasteiger partial charge in [0.1, 0.15) is 24.2 Å². The van der Waals surface area contributed by atoms with Crippen molar-refractivity contribution in [1.29, 1.82) is 10.5 Å². The minimum atomic E-state index is -0.378. The molecular formula is C40H43Cl3N6O2. The van der Waals surface area contributed by atoms with Crippen molar-refractivity contribution < 1.29 is 9.59 Å². The van der Waals surface area contributed by atoms with Gasteiger partial charge in [-0.3, -0.25) is 9.59 Å². The molecule has 2 amide bonds. The lowest BCUT2D eigenvalue weighted by Crippen LogP contribution is -2.45. The summed E-state index contributed by atoms with van der Waals surface area (Å²) in [6, 6.07) is 31.7. The van der Waals surface area contributed by atoms with E-state index >= 15 is 0 Å². The molecule has 51 heavy (non-hydrogen) atoms. The molecule has 266 valence electrons. The van der Waals surface area contributed by atoms with Gasteiger partial charge in [0.2, 0.25) is 11.8 Å². The van der Waals surface area contributed by atoms with E-state index < -0.39 is 0 Å². The second-order valence-corrected chi connectivity index (χ2v) is 13.6. The number of hydrogen-bond acceptors (Lipinski definition) is 6. The Bertz CT molecular complexity index is 1870. The van der Waals surface area contributed by atoms with Crippen LogP contribution in [0.25, 0.3) is 0 Å². The lowest BCUT2D eigenvalue weighted by Gasteiger charge is -2.32. The number of anilines is 2. The minimum Gasteiger partial charge on any atom is -0.359 e. The van der Waals surface area contributed by atoms with Crippen LogP contribution in [0.15, 0.2) is 91.0 Å². The number of carbonyl (C=O) groups is 2. The van der Waals surface area contributed by atoms with Gasteiger partial charge in [0.25, 0.3) is 0 Å². The molecule has 0 spiro atoms. The molecule has 0 aliphatic rings. The third-order valence-electron chi connectivity index (χ3n) is 8.40. The highest BCUT2D eigenvalue weighted by Crippen LogP contribution is 2.27. The Kier molecular flexibility index (Phi) is 15.6. The van der Waals surface area contributed by atoms with Crippen LogP contribution in [0.1, 0.15) is 36.1 Å². The molecule has 4 aromatic carbocycles. The van der Waals surface area contributed by atoms with Gasteiger partial charge in [-0.05, 0) is 80.3 Å². The SMILES string of the molecule is CC(C(=O)N(C)C)N(CCc1ccccc1)c1ccc(C#N)c(Cl)c1.CC(C(=O)N(C)C)N(CCc1ccccc1Cl)c1ccc(C#N)c(Cl)c1. The molecule has 4 rings (SSSR count). The van der Waals surface area contributed by atoms with Crippen LogP contribution in [0.2, 0.25) is 15.1 Å². The fourth-order valence-electron chi connectivity index (χ4n) is 5.49. The van der Waals surface area contributed by atoms with E-state index in [1.807, 2.05) is 78.2 Å². The van der Waals surface area contributed by atoms with Crippen LogP contribution in [0.5, 0.6) is 0 Å². The summed E-state index contributed by atoms with van der Waals surface area (Å²) in [7, 11) is 6.97. The molecule has 0 aliphatic heterocycles. The van der Waals surface area contributed by atoms with Gasteiger partial charge in [0.15, 0.2) is 0 Å². The minimum absolute atomic E-state index is 0.00959. The van der Waals surface area contributed by atoms with Crippen LogP contribution >= 0.6 is 34.8 Å². The van der Waals surface area contributed by atoms with Crippen LogP contribution in [-0.2, 0) is 22.4 Å². The smallest absolute Gasteiger partial charge is 0.244 e. The largest absolute Gasteiger partial charge is 0.359 e. The summed E-state index contributed by atoms with van der Waals surface area (Å²) >= 11 is 18.7. The predicted octanol–water partition coefficient (Wildman–Crippen LogP) is 8.13. The van der Waals surface area contributed by atoms with E-state index in [1.54, 1.807) is 62.3 Å². The number of carbonyl (C=O) groups excluding carboxylic acids is 2. The Labute approximate surface area is 317 Å². The van der Waals surface area contributed by atoms with E-state index in [9.17, 15) is 9.59 Å². The van der Waals surface area contributed by atoms with Gasteiger partial charge in [-0.2, -0.15) is 10.5 Å². The van der Waals surface area contributed by atoms with E-state index in [4.69, 9.17) is 45.3 Å². The van der Waals surface area contributed by atoms with Crippen molar-refractivity contribution in [3.63, 3.8) is 0 Å². The molecule has 4 aromatic rings. The van der Waals surface area contributed by atoms with Crippen molar-refractivity contribution in [2.45, 2.75) is 38.8 Å². The Morgan fingerprint density at radius 3 is 1.45 bits per heavy atom. The van der Waals surface area contributed by atoms with Crippen LogP contribution in [0, 0.1) is 22.7 Å². The molecule has 0 radical (unpaired) electrons. The molecule has 0 fully saturated rings. The first-order valence-corrected chi connectivity index (χ1v) is 17.5. The van der Waals surface area contributed by atoms with E-state index in [2.05, 4.69) is 24.3 Å². The first-order chi connectivity index (χ1) is 24.3. The number of halogens is 3. The second-order valence-electron chi connectivity index (χ2n) is 12.3. The first kappa shape index (κ1) is 40.7. The zero-order chi connectivity index (χ0) is 37.7. The van der Waals surface area contributed by atoms with E-state index in [1.165, 1.54) is 5.56 Å². The molecule has 2 unspecified atom stereocenters. The standard InChI is InChI=1S/C20H21Cl2N3O.C20H22ClN3O/c1-14(20(26)24(2)3)25(11-10-15-6-4-5-7-18(15)21)17-9-8-16(13-23)19(22)12-17;1-15(20(25)23(2)3)24(12-11-16-7-5-4-6-8-16)18-10-9-17(14-22)19(21)13-18/h4-9,12,14H,10-11H2,1-3H3;4-10,13,15H,11-12H2,1-3H3. The molecule has 0 saturated carbocycles. The molecule has 0 N–H and O–H groups in total. The Hall–Kier alpha value is -4.73. The van der Waals surface area contributed by atoms with E-state index in [0.717, 1.165) is 23.4 Å². The molecule has 0 saturated heterocycles. The highest BCUT2D eigenvalue weighted by Gasteiger charge is 2.25. The summed E-state index contributed by atoms with van der Waals surface area (Å²) in [4.78, 5) is 32.2. The van der Waals surface area contributed by atoms with Crippen molar-refractivity contribution in [3.8, 4) is 12.1 Å². The Balaban J connectivity index is 0.000000276. The topological polar surface area (TPSA) is 94.7 Å². The van der Waals surface area contributed by atoms with Crippen LogP contribution in [0.3, 0.4) is 0 Å². The summed E-state index contributed by atoms with van der Waals surface area (Å²) < 4.78 is 0. The van der Waals surface area contributed by atoms with Gasteiger partial charge in [-0.1, -0.05) is 83.3 Å². The average molecular weight is 746 g/mol. The van der Waals surface area contributed by atoms with Gasteiger partial charge >= 0.3 is 0 Å². The van der Waals surface area contributed by atoms with Gasteiger partial charge < -0.3 is 19.6 Å². The first-order valence-electron chi connectivity index (χ1n) is 16.4. The summed E-state index contributed by atoms with van der Waals surface area (Å²) in [5, 5.41) is 19.6. The summed E-state index contributed by atoms with van der Waals surface area (Å²) in [6.07, 6.45) is 1.49. The number of amides is 2. The highest BCUT2D eigenvalue weighted by molar-refractivity contribution is 6.32. The molecule has 11 heteroatoms. The molecule has 8 nitrogen and oxygen atoms in total. The third-order valence-corrected chi connectivity index (χ3v) is 9.40. The molecule has 0 bridgehead atoms. The fourth-order valence-corrected chi connectivity index (χ4v) is 6.15. The van der Waals surface area contributed by atoms with Crippen molar-refractivity contribution in [2.75, 3.05) is 51.1 Å². The monoisotopic (exact) mass is 744 g/mol. The Morgan fingerprint density at radius 1 is 0.608 bits per heavy atom. The number of likely N-dealkylation sites (N-methyl/N-ethyl adjacent to an activating group) is 2. The third kappa shape index (κ3) is 11.4. The fraction of sp³-hybridized carbons (Fsp3) is 0.300. The predicted molar refractivity (Wildman–Crippen MR) is 209 cm³/mol. The maximum Gasteiger partial charge on any atom is 0.244 e. The molecule has 0 aliphatic carbocycles. The maximum atomic E-state index is 12.5. The summed E-state index contributed by atoms with van der Waals surface area (Å²) in [6.45, 7) is 5.01. The molecule has 2 atom stereocenters. The van der Waals surface area contributed by atoms with Crippen LogP contribution < -0.4 is 9.80 Å². The van der Waals surface area contributed by atoms with Gasteiger partial charge in [-0.15, -0.1) is 0 Å². The number of benzene rings is 4. The number of rotatable bonds is 12. The van der Waals surface area contributed by atoms with Crippen molar-refractivity contribution >= 4 is 58.0 Å². The van der Waals surface area contributed by atoms with Crippen molar-refractivity contribution in [1.82, 2.24) is 9.80 Å². The zero-order valence-corrected chi connectivity index (χ0v) is 32.0. The molecule has 0 aromatic heterocycles. The quantitative estimate of drug-likeness (QED) is 0.145. The normalized spacial score (nSPS) is 11.5. The zero-order valence-electron chi connectivity index (χ0n) is 29.8.